The lowest BCUT2D eigenvalue weighted by atomic mass is 9.27. The van der Waals surface area contributed by atoms with Crippen molar-refractivity contribution in [1.82, 2.24) is 0 Å². The van der Waals surface area contributed by atoms with Crippen molar-refractivity contribution in [2.45, 2.75) is 25.7 Å². The number of fused-ring (bicyclic) bond motifs is 2. The number of carbonyl (C=O) groups excluding carboxylic acids is 2. The summed E-state index contributed by atoms with van der Waals surface area (Å²) in [5.41, 5.74) is -0.154. The Morgan fingerprint density at radius 2 is 1.15 bits per heavy atom. The van der Waals surface area contributed by atoms with Gasteiger partial charge in [0.15, 0.2) is 0 Å². The Hall–Kier alpha value is -0.660. The van der Waals surface area contributed by atoms with Crippen LogP contribution in [0.1, 0.15) is 25.7 Å². The lowest BCUT2D eigenvalue weighted by Crippen LogP contribution is -2.77. The van der Waals surface area contributed by atoms with Gasteiger partial charge in [-0.05, 0) is 73.0 Å². The summed E-state index contributed by atoms with van der Waals surface area (Å²) in [5, 5.41) is 0. The number of ketones is 2. The van der Waals surface area contributed by atoms with Crippen molar-refractivity contribution in [3.8, 4) is 0 Å². The van der Waals surface area contributed by atoms with Gasteiger partial charge in [-0.2, -0.15) is 0 Å². The first kappa shape index (κ1) is 9.38. The predicted octanol–water partition coefficient (Wildman–Crippen LogP) is 1.93. The Labute approximate surface area is 117 Å². The van der Waals surface area contributed by atoms with Gasteiger partial charge in [0.05, 0.1) is 0 Å². The van der Waals surface area contributed by atoms with Crippen LogP contribution < -0.4 is 0 Å². The second kappa shape index (κ2) is 2.09. The van der Waals surface area contributed by atoms with Crippen molar-refractivity contribution in [3.05, 3.63) is 0 Å². The topological polar surface area (TPSA) is 34.1 Å². The van der Waals surface area contributed by atoms with Gasteiger partial charge in [-0.3, -0.25) is 9.59 Å². The highest BCUT2D eigenvalue weighted by Crippen LogP contribution is 2.97. The fourth-order valence-electron chi connectivity index (χ4n) is 10.7. The van der Waals surface area contributed by atoms with Gasteiger partial charge in [0.2, 0.25) is 0 Å². The summed E-state index contributed by atoms with van der Waals surface area (Å²) < 4.78 is 0. The molecule has 9 rings (SSSR count). The minimum atomic E-state index is -0.0770. The van der Waals surface area contributed by atoms with Crippen LogP contribution in [0.2, 0.25) is 0 Å². The molecule has 4 bridgehead atoms. The first-order valence-electron chi connectivity index (χ1n) is 8.84. The molecule has 9 aliphatic rings. The van der Waals surface area contributed by atoms with Crippen LogP contribution in [0, 0.1) is 70.0 Å². The molecule has 9 fully saturated rings. The molecule has 0 aliphatic heterocycles. The van der Waals surface area contributed by atoms with E-state index in [1.807, 2.05) is 0 Å². The van der Waals surface area contributed by atoms with Gasteiger partial charge in [0, 0.05) is 22.7 Å². The molecular weight excluding hydrogens is 248 g/mol. The average molecular weight is 266 g/mol. The Morgan fingerprint density at radius 1 is 0.700 bits per heavy atom. The molecule has 0 amide bonds. The molecule has 102 valence electrons. The average Bonchev–Trinajstić information content (AvgIpc) is 3.02. The summed E-state index contributed by atoms with van der Waals surface area (Å²) in [5.74, 6) is 7.34. The van der Waals surface area contributed by atoms with Gasteiger partial charge in [0.25, 0.3) is 0 Å². The van der Waals surface area contributed by atoms with E-state index in [0.29, 0.717) is 47.1 Å². The maximum absolute atomic E-state index is 13.4. The van der Waals surface area contributed by atoms with Crippen LogP contribution >= 0.6 is 0 Å². The van der Waals surface area contributed by atoms with E-state index in [2.05, 4.69) is 0 Å². The lowest BCUT2D eigenvalue weighted by Gasteiger charge is -2.73. The fraction of sp³-hybridized carbons (Fsp3) is 0.889. The molecule has 0 saturated heterocycles. The molecule has 0 heterocycles. The van der Waals surface area contributed by atoms with Gasteiger partial charge in [-0.1, -0.05) is 0 Å². The summed E-state index contributed by atoms with van der Waals surface area (Å²) in [7, 11) is 0. The van der Waals surface area contributed by atoms with E-state index < -0.39 is 0 Å². The SMILES string of the molecule is O=C1[C@@H]2[C@H]3C[C@H]4[C@@H]2C(=O)[C@]25[C@H]4[C@H]3[C@]12[C@@H]1CC[C@H]5[C@H]2C[C@H]21. The number of carbonyl (C=O) groups is 2. The summed E-state index contributed by atoms with van der Waals surface area (Å²) in [6.07, 6.45) is 5.18. The third-order valence-electron chi connectivity index (χ3n) is 10.2. The highest BCUT2D eigenvalue weighted by Gasteiger charge is 3.00. The monoisotopic (exact) mass is 266 g/mol. The maximum Gasteiger partial charge on any atom is 0.144 e. The van der Waals surface area contributed by atoms with E-state index in [9.17, 15) is 9.59 Å². The van der Waals surface area contributed by atoms with Crippen LogP contribution in [0.25, 0.3) is 0 Å². The summed E-state index contributed by atoms with van der Waals surface area (Å²) in [4.78, 5) is 26.8. The van der Waals surface area contributed by atoms with Gasteiger partial charge in [-0.25, -0.2) is 0 Å². The van der Waals surface area contributed by atoms with Crippen LogP contribution in [0.3, 0.4) is 0 Å². The molecule has 12 atom stereocenters. The second-order valence-electron chi connectivity index (χ2n) is 9.49. The Morgan fingerprint density at radius 3 is 1.65 bits per heavy atom. The van der Waals surface area contributed by atoms with Crippen molar-refractivity contribution in [2.24, 2.45) is 70.0 Å². The van der Waals surface area contributed by atoms with Crippen molar-refractivity contribution in [3.63, 3.8) is 0 Å². The zero-order valence-corrected chi connectivity index (χ0v) is 11.4. The molecule has 2 spiro atoms. The molecular formula is C18H18O2. The number of rotatable bonds is 0. The molecule has 0 aromatic heterocycles. The Balaban J connectivity index is 1.58. The number of hydrogen-bond acceptors (Lipinski definition) is 2. The highest BCUT2D eigenvalue weighted by atomic mass is 16.2. The largest absolute Gasteiger partial charge is 0.299 e. The third kappa shape index (κ3) is 0.469. The van der Waals surface area contributed by atoms with E-state index in [1.165, 1.54) is 25.7 Å². The number of Topliss-reactive ketones (excluding diaryl/α,β-unsaturated/α-hetero) is 2. The fourth-order valence-corrected chi connectivity index (χ4v) is 10.7. The zero-order valence-electron chi connectivity index (χ0n) is 11.4. The van der Waals surface area contributed by atoms with Gasteiger partial charge in [0.1, 0.15) is 11.6 Å². The van der Waals surface area contributed by atoms with Gasteiger partial charge >= 0.3 is 0 Å². The first-order chi connectivity index (χ1) is 9.75. The van der Waals surface area contributed by atoms with E-state index in [1.54, 1.807) is 0 Å². The maximum atomic E-state index is 13.4. The lowest BCUT2D eigenvalue weighted by molar-refractivity contribution is -0.263. The van der Waals surface area contributed by atoms with Crippen LogP contribution in [-0.4, -0.2) is 11.6 Å². The number of hydrogen-bond donors (Lipinski definition) is 0. The van der Waals surface area contributed by atoms with Crippen LogP contribution in [0.5, 0.6) is 0 Å². The zero-order chi connectivity index (χ0) is 12.8. The van der Waals surface area contributed by atoms with Crippen molar-refractivity contribution >= 4 is 11.6 Å². The minimum absolute atomic E-state index is 0.0770. The molecule has 2 heteroatoms. The summed E-state index contributed by atoms with van der Waals surface area (Å²) in [6, 6.07) is 0. The van der Waals surface area contributed by atoms with Gasteiger partial charge < -0.3 is 0 Å². The van der Waals surface area contributed by atoms with Crippen LogP contribution in [-0.2, 0) is 9.59 Å². The van der Waals surface area contributed by atoms with E-state index in [4.69, 9.17) is 0 Å². The molecule has 0 aromatic rings. The van der Waals surface area contributed by atoms with Crippen LogP contribution in [0.4, 0.5) is 0 Å². The van der Waals surface area contributed by atoms with Crippen molar-refractivity contribution in [1.29, 1.82) is 0 Å². The second-order valence-corrected chi connectivity index (χ2v) is 9.49. The standard InChI is InChI=1S/C18H18O2/c19-15-11-7-4-8-12(11)16(20)18-10-2-1-9(5-3-6(5)10)17(15,18)13(7)14(8)18/h5-14H,1-4H2/t5-,6+,7-,8+,9-,10+,11-,12+,13+,14-,17-,18+. The van der Waals surface area contributed by atoms with E-state index >= 15 is 0 Å². The molecule has 20 heavy (non-hydrogen) atoms. The normalized spacial score (nSPS) is 81.8. The van der Waals surface area contributed by atoms with Crippen LogP contribution in [0.15, 0.2) is 0 Å². The molecule has 0 radical (unpaired) electrons. The van der Waals surface area contributed by atoms with Gasteiger partial charge in [-0.15, -0.1) is 0 Å². The molecule has 9 aliphatic carbocycles. The smallest absolute Gasteiger partial charge is 0.144 e. The predicted molar refractivity (Wildman–Crippen MR) is 68.2 cm³/mol. The van der Waals surface area contributed by atoms with E-state index in [-0.39, 0.29) is 22.7 Å². The third-order valence-corrected chi connectivity index (χ3v) is 10.2. The molecule has 0 N–H and O–H groups in total. The van der Waals surface area contributed by atoms with Crippen molar-refractivity contribution < 1.29 is 9.59 Å². The Kier molecular flexibility index (Phi) is 0.981. The molecule has 2 nitrogen and oxygen atoms in total. The van der Waals surface area contributed by atoms with Crippen molar-refractivity contribution in [2.75, 3.05) is 0 Å². The minimum Gasteiger partial charge on any atom is -0.299 e. The first-order valence-corrected chi connectivity index (χ1v) is 8.84. The molecule has 9 saturated carbocycles. The highest BCUT2D eigenvalue weighted by molar-refractivity contribution is 6.12. The van der Waals surface area contributed by atoms with E-state index in [0.717, 1.165) is 11.8 Å². The molecule has 0 unspecified atom stereocenters. The quantitative estimate of drug-likeness (QED) is 0.671. The Bertz CT molecular complexity index is 617. The summed E-state index contributed by atoms with van der Waals surface area (Å²) >= 11 is 0. The summed E-state index contributed by atoms with van der Waals surface area (Å²) in [6.45, 7) is 0. The molecule has 0 aromatic carbocycles.